The van der Waals surface area contributed by atoms with Crippen LogP contribution < -0.4 is 15.2 Å². The summed E-state index contributed by atoms with van der Waals surface area (Å²) in [6, 6.07) is 12.2. The van der Waals surface area contributed by atoms with Gasteiger partial charge in [-0.15, -0.1) is 0 Å². The molecule has 0 bridgehead atoms. The smallest absolute Gasteiger partial charge is 0.169 e. The highest BCUT2D eigenvalue weighted by molar-refractivity contribution is 5.47. The Kier molecular flexibility index (Phi) is 3.30. The normalized spacial score (nSPS) is 9.56. The van der Waals surface area contributed by atoms with E-state index < -0.39 is 0 Å². The summed E-state index contributed by atoms with van der Waals surface area (Å²) in [5, 5.41) is 8.81. The molecular weight excluding hydrogens is 230 g/mol. The summed E-state index contributed by atoms with van der Waals surface area (Å²) in [5.74, 6) is 1.84. The van der Waals surface area contributed by atoms with Gasteiger partial charge in [0.25, 0.3) is 0 Å². The Morgan fingerprint density at radius 2 is 1.94 bits per heavy atom. The molecule has 90 valence electrons. The maximum Gasteiger partial charge on any atom is 0.169 e. The molecule has 0 amide bonds. The number of pyridine rings is 1. The third kappa shape index (κ3) is 2.50. The number of nitrogens with zero attached hydrogens (tertiary/aromatic N) is 2. The highest BCUT2D eigenvalue weighted by atomic mass is 16.5. The summed E-state index contributed by atoms with van der Waals surface area (Å²) in [5.41, 5.74) is 5.79. The zero-order valence-electron chi connectivity index (χ0n) is 9.75. The number of nitrogen functional groups attached to an aromatic ring is 1. The third-order valence-corrected chi connectivity index (χ3v) is 2.23. The van der Waals surface area contributed by atoms with Crippen molar-refractivity contribution in [2.75, 3.05) is 12.8 Å². The Morgan fingerprint density at radius 3 is 2.61 bits per heavy atom. The molecule has 0 atom stereocenters. The number of hydrogen-bond donors (Lipinski definition) is 1. The summed E-state index contributed by atoms with van der Waals surface area (Å²) >= 11 is 0. The van der Waals surface area contributed by atoms with E-state index in [0.29, 0.717) is 17.2 Å². The van der Waals surface area contributed by atoms with Gasteiger partial charge in [0.2, 0.25) is 0 Å². The van der Waals surface area contributed by atoms with Gasteiger partial charge in [-0.25, -0.2) is 4.98 Å². The molecule has 18 heavy (non-hydrogen) atoms. The molecule has 0 unspecified atom stereocenters. The number of nitriles is 1. The van der Waals surface area contributed by atoms with Gasteiger partial charge in [-0.2, -0.15) is 5.26 Å². The van der Waals surface area contributed by atoms with Crippen LogP contribution in [0.3, 0.4) is 0 Å². The van der Waals surface area contributed by atoms with Gasteiger partial charge in [0.1, 0.15) is 23.3 Å². The number of benzene rings is 1. The van der Waals surface area contributed by atoms with Crippen LogP contribution in [0.1, 0.15) is 5.69 Å². The third-order valence-electron chi connectivity index (χ3n) is 2.23. The van der Waals surface area contributed by atoms with Crippen LogP contribution in [-0.2, 0) is 0 Å². The SMILES string of the molecule is COc1ccccc1Oc1cc(N)nc(C#N)c1. The van der Waals surface area contributed by atoms with Crippen LogP contribution in [0.5, 0.6) is 17.2 Å². The van der Waals surface area contributed by atoms with Gasteiger partial charge in [-0.05, 0) is 12.1 Å². The molecule has 5 heteroatoms. The Bertz CT molecular complexity index is 605. The van der Waals surface area contributed by atoms with Crippen molar-refractivity contribution in [3.63, 3.8) is 0 Å². The second-order valence-corrected chi connectivity index (χ2v) is 3.48. The molecule has 0 aliphatic carbocycles. The van der Waals surface area contributed by atoms with Gasteiger partial charge in [0, 0.05) is 12.1 Å². The molecule has 5 nitrogen and oxygen atoms in total. The molecule has 0 aliphatic heterocycles. The Hall–Kier alpha value is -2.74. The molecule has 2 N–H and O–H groups in total. The lowest BCUT2D eigenvalue weighted by Crippen LogP contribution is -1.95. The molecule has 0 fully saturated rings. The van der Waals surface area contributed by atoms with E-state index in [-0.39, 0.29) is 11.5 Å². The van der Waals surface area contributed by atoms with Crippen molar-refractivity contribution in [1.29, 1.82) is 5.26 Å². The second kappa shape index (κ2) is 5.06. The zero-order valence-corrected chi connectivity index (χ0v) is 9.75. The molecule has 1 aromatic heterocycles. The Balaban J connectivity index is 2.34. The Morgan fingerprint density at radius 1 is 1.22 bits per heavy atom. The summed E-state index contributed by atoms with van der Waals surface area (Å²) in [7, 11) is 1.56. The number of nitrogens with two attached hydrogens (primary N) is 1. The molecule has 2 rings (SSSR count). The van der Waals surface area contributed by atoms with Gasteiger partial charge in [-0.3, -0.25) is 0 Å². The first-order valence-electron chi connectivity index (χ1n) is 5.21. The van der Waals surface area contributed by atoms with Gasteiger partial charge in [0.15, 0.2) is 11.5 Å². The first-order chi connectivity index (χ1) is 8.72. The lowest BCUT2D eigenvalue weighted by atomic mass is 10.3. The van der Waals surface area contributed by atoms with E-state index in [4.69, 9.17) is 20.5 Å². The van der Waals surface area contributed by atoms with E-state index in [1.165, 1.54) is 6.07 Å². The number of methoxy groups -OCH3 is 1. The second-order valence-electron chi connectivity index (χ2n) is 3.48. The van der Waals surface area contributed by atoms with E-state index >= 15 is 0 Å². The number of aromatic nitrogens is 1. The van der Waals surface area contributed by atoms with Crippen LogP contribution in [-0.4, -0.2) is 12.1 Å². The van der Waals surface area contributed by atoms with Gasteiger partial charge in [-0.1, -0.05) is 12.1 Å². The van der Waals surface area contributed by atoms with E-state index in [1.807, 2.05) is 18.2 Å². The predicted molar refractivity (Wildman–Crippen MR) is 66.4 cm³/mol. The lowest BCUT2D eigenvalue weighted by molar-refractivity contribution is 0.379. The van der Waals surface area contributed by atoms with Crippen molar-refractivity contribution in [3.05, 3.63) is 42.1 Å². The number of rotatable bonds is 3. The average molecular weight is 241 g/mol. The summed E-state index contributed by atoms with van der Waals surface area (Å²) in [4.78, 5) is 3.84. The first kappa shape index (κ1) is 11.7. The summed E-state index contributed by atoms with van der Waals surface area (Å²) < 4.78 is 10.8. The van der Waals surface area contributed by atoms with Crippen LogP contribution in [0.25, 0.3) is 0 Å². The van der Waals surface area contributed by atoms with Gasteiger partial charge < -0.3 is 15.2 Å². The summed E-state index contributed by atoms with van der Waals surface area (Å²) in [6.45, 7) is 0. The van der Waals surface area contributed by atoms with E-state index in [9.17, 15) is 0 Å². The predicted octanol–water partition coefficient (Wildman–Crippen LogP) is 2.34. The van der Waals surface area contributed by atoms with Crippen LogP contribution in [0.4, 0.5) is 5.82 Å². The van der Waals surface area contributed by atoms with Crippen molar-refractivity contribution in [1.82, 2.24) is 4.98 Å². The van der Waals surface area contributed by atoms with Crippen molar-refractivity contribution in [2.24, 2.45) is 0 Å². The van der Waals surface area contributed by atoms with Crippen molar-refractivity contribution in [3.8, 4) is 23.3 Å². The van der Waals surface area contributed by atoms with E-state index in [0.717, 1.165) is 0 Å². The fourth-order valence-electron chi connectivity index (χ4n) is 1.47. The molecule has 2 aromatic rings. The monoisotopic (exact) mass is 241 g/mol. The number of anilines is 1. The van der Waals surface area contributed by atoms with Crippen LogP contribution in [0, 0.1) is 11.3 Å². The maximum absolute atomic E-state index is 8.81. The maximum atomic E-state index is 8.81. The Labute approximate surface area is 104 Å². The number of para-hydroxylation sites is 2. The van der Waals surface area contributed by atoms with Gasteiger partial charge >= 0.3 is 0 Å². The first-order valence-corrected chi connectivity index (χ1v) is 5.21. The van der Waals surface area contributed by atoms with E-state index in [1.54, 1.807) is 25.3 Å². The largest absolute Gasteiger partial charge is 0.493 e. The summed E-state index contributed by atoms with van der Waals surface area (Å²) in [6.07, 6.45) is 0. The fourth-order valence-corrected chi connectivity index (χ4v) is 1.47. The van der Waals surface area contributed by atoms with Crippen molar-refractivity contribution < 1.29 is 9.47 Å². The molecule has 0 spiro atoms. The molecule has 1 aromatic carbocycles. The number of ether oxygens (including phenoxy) is 2. The minimum absolute atomic E-state index is 0.208. The molecule has 0 saturated heterocycles. The van der Waals surface area contributed by atoms with Crippen molar-refractivity contribution in [2.45, 2.75) is 0 Å². The molecule has 1 heterocycles. The zero-order chi connectivity index (χ0) is 13.0. The van der Waals surface area contributed by atoms with Crippen LogP contribution >= 0.6 is 0 Å². The van der Waals surface area contributed by atoms with Crippen molar-refractivity contribution >= 4 is 5.82 Å². The molecule has 0 saturated carbocycles. The van der Waals surface area contributed by atoms with Crippen LogP contribution in [0.15, 0.2) is 36.4 Å². The molecular formula is C13H11N3O2. The quantitative estimate of drug-likeness (QED) is 0.891. The highest BCUT2D eigenvalue weighted by Gasteiger charge is 2.06. The van der Waals surface area contributed by atoms with Gasteiger partial charge in [0.05, 0.1) is 7.11 Å². The minimum Gasteiger partial charge on any atom is -0.493 e. The standard InChI is InChI=1S/C13H11N3O2/c1-17-11-4-2-3-5-12(11)18-10-6-9(8-14)16-13(15)7-10/h2-7H,1H3,(H2,15,16). The molecule has 0 aliphatic rings. The number of hydrogen-bond acceptors (Lipinski definition) is 5. The fraction of sp³-hybridized carbons (Fsp3) is 0.0769. The molecule has 0 radical (unpaired) electrons. The average Bonchev–Trinajstić information content (AvgIpc) is 2.38. The van der Waals surface area contributed by atoms with Crippen LogP contribution in [0.2, 0.25) is 0 Å². The topological polar surface area (TPSA) is 81.2 Å². The lowest BCUT2D eigenvalue weighted by Gasteiger charge is -2.10. The van der Waals surface area contributed by atoms with E-state index in [2.05, 4.69) is 4.98 Å². The highest BCUT2D eigenvalue weighted by Crippen LogP contribution is 2.31. The minimum atomic E-state index is 0.208.